The van der Waals surface area contributed by atoms with Crippen molar-refractivity contribution in [1.82, 2.24) is 19.8 Å². The van der Waals surface area contributed by atoms with Gasteiger partial charge in [-0.1, -0.05) is 18.7 Å². The number of methoxy groups -OCH3 is 1. The molecule has 3 N–H and O–H groups in total. The van der Waals surface area contributed by atoms with Crippen LogP contribution in [0.4, 0.5) is 40.2 Å². The molecule has 15 heteroatoms. The minimum Gasteiger partial charge on any atom is -0.494 e. The van der Waals surface area contributed by atoms with Crippen molar-refractivity contribution >= 4 is 55.9 Å². The number of rotatable bonds is 12. The van der Waals surface area contributed by atoms with Crippen LogP contribution in [0, 0.1) is 0 Å². The number of hydrogen-bond acceptors (Lipinski definition) is 13. The van der Waals surface area contributed by atoms with Crippen molar-refractivity contribution in [2.24, 2.45) is 0 Å². The summed E-state index contributed by atoms with van der Waals surface area (Å²) in [6.45, 7) is 15.4. The maximum Gasteiger partial charge on any atom is 0.247 e. The molecule has 3 aliphatic heterocycles. The Morgan fingerprint density at radius 3 is 2.31 bits per heavy atom. The molecule has 0 radical (unpaired) electrons. The van der Waals surface area contributed by atoms with Crippen LogP contribution in [0.2, 0.25) is 0 Å². The number of hydrogen-bond donors (Lipinski definition) is 3. The quantitative estimate of drug-likeness (QED) is 0.228. The Bertz CT molecular complexity index is 1830. The standard InChI is InChI=1S/C37H51N9O5S/c1-6-35(47)39-29-23-30(33(50-5)24-31(29)45-13-11-27(12-14-45)44-17-15-43(4)16-18-44)41-37-38-25-32(46-19-21-51-22-20-46)36(42-37)40-28-9-7-8-10-34(28)52(48,49)26(2)3/h6-10,23-27H,1,11-22H2,2-5H3,(H,39,47)(H2,38,40,41,42). The summed E-state index contributed by atoms with van der Waals surface area (Å²) in [4.78, 5) is 31.8. The SMILES string of the molecule is C=CC(=O)Nc1cc(Nc2ncc(N3CCOCC3)c(Nc3ccccc3S(=O)(=O)C(C)C)n2)c(OC)cc1N1CCC(N2CCN(C)CC2)CC1. The Labute approximate surface area is 307 Å². The molecular weight excluding hydrogens is 683 g/mol. The van der Waals surface area contributed by atoms with Gasteiger partial charge in [-0.05, 0) is 58.0 Å². The summed E-state index contributed by atoms with van der Waals surface area (Å²) in [6.07, 6.45) is 5.03. The highest BCUT2D eigenvalue weighted by Gasteiger charge is 2.29. The maximum atomic E-state index is 13.3. The van der Waals surface area contributed by atoms with Gasteiger partial charge >= 0.3 is 0 Å². The van der Waals surface area contributed by atoms with Gasteiger partial charge in [-0.25, -0.2) is 13.4 Å². The van der Waals surface area contributed by atoms with Crippen LogP contribution >= 0.6 is 0 Å². The van der Waals surface area contributed by atoms with Crippen molar-refractivity contribution in [2.45, 2.75) is 42.9 Å². The molecule has 3 aromatic rings. The van der Waals surface area contributed by atoms with Crippen LogP contribution in [-0.4, -0.2) is 125 Å². The van der Waals surface area contributed by atoms with Gasteiger partial charge in [-0.2, -0.15) is 4.98 Å². The highest BCUT2D eigenvalue weighted by molar-refractivity contribution is 7.92. The van der Waals surface area contributed by atoms with Crippen molar-refractivity contribution < 1.29 is 22.7 Å². The minimum absolute atomic E-state index is 0.193. The van der Waals surface area contributed by atoms with Crippen LogP contribution in [0.25, 0.3) is 0 Å². The Morgan fingerprint density at radius 2 is 1.63 bits per heavy atom. The van der Waals surface area contributed by atoms with Crippen molar-refractivity contribution in [2.75, 3.05) is 105 Å². The predicted molar refractivity (Wildman–Crippen MR) is 207 cm³/mol. The molecule has 0 bridgehead atoms. The van der Waals surface area contributed by atoms with Crippen LogP contribution in [0.1, 0.15) is 26.7 Å². The van der Waals surface area contributed by atoms with Crippen LogP contribution in [0.5, 0.6) is 5.75 Å². The number of ether oxygens (including phenoxy) is 2. The summed E-state index contributed by atoms with van der Waals surface area (Å²) < 4.78 is 38.1. The lowest BCUT2D eigenvalue weighted by Gasteiger charge is -2.43. The first kappa shape index (κ1) is 37.3. The van der Waals surface area contributed by atoms with E-state index >= 15 is 0 Å². The Hall–Kier alpha value is -4.44. The fourth-order valence-corrected chi connectivity index (χ4v) is 8.13. The first-order valence-electron chi connectivity index (χ1n) is 18.0. The largest absolute Gasteiger partial charge is 0.494 e. The molecule has 0 unspecified atom stereocenters. The number of carbonyl (C=O) groups excluding carboxylic acids is 1. The highest BCUT2D eigenvalue weighted by Crippen LogP contribution is 2.40. The van der Waals surface area contributed by atoms with E-state index in [-0.39, 0.29) is 16.8 Å². The number of anilines is 7. The Balaban J connectivity index is 1.31. The van der Waals surface area contributed by atoms with Gasteiger partial charge in [0, 0.05) is 64.5 Å². The molecule has 0 aliphatic carbocycles. The summed E-state index contributed by atoms with van der Waals surface area (Å²) in [5, 5.41) is 9.02. The number of nitrogens with one attached hydrogen (secondary N) is 3. The number of sulfone groups is 1. The number of morpholine rings is 1. The fourth-order valence-electron chi connectivity index (χ4n) is 6.92. The molecular formula is C37H51N9O5S. The number of amides is 1. The number of piperazine rings is 1. The molecule has 3 aliphatic rings. The van der Waals surface area contributed by atoms with Gasteiger partial charge in [-0.3, -0.25) is 9.69 Å². The molecule has 0 atom stereocenters. The monoisotopic (exact) mass is 733 g/mol. The van der Waals surface area contributed by atoms with E-state index in [1.807, 2.05) is 12.1 Å². The smallest absolute Gasteiger partial charge is 0.247 e. The van der Waals surface area contributed by atoms with E-state index < -0.39 is 15.1 Å². The number of benzene rings is 2. The lowest BCUT2D eigenvalue weighted by Crippen LogP contribution is -2.52. The summed E-state index contributed by atoms with van der Waals surface area (Å²) in [6, 6.07) is 11.1. The summed E-state index contributed by atoms with van der Waals surface area (Å²) in [5.74, 6) is 0.919. The predicted octanol–water partition coefficient (Wildman–Crippen LogP) is 4.33. The highest BCUT2D eigenvalue weighted by atomic mass is 32.2. The molecule has 14 nitrogen and oxygen atoms in total. The van der Waals surface area contributed by atoms with Crippen molar-refractivity contribution in [3.63, 3.8) is 0 Å². The van der Waals surface area contributed by atoms with Gasteiger partial charge in [0.25, 0.3) is 0 Å². The lowest BCUT2D eigenvalue weighted by molar-refractivity contribution is -0.111. The van der Waals surface area contributed by atoms with Crippen LogP contribution < -0.4 is 30.5 Å². The molecule has 0 spiro atoms. The van der Waals surface area contributed by atoms with Gasteiger partial charge in [0.15, 0.2) is 15.7 Å². The molecule has 280 valence electrons. The second-order valence-corrected chi connectivity index (χ2v) is 16.2. The van der Waals surface area contributed by atoms with E-state index in [0.29, 0.717) is 66.7 Å². The maximum absolute atomic E-state index is 13.3. The molecule has 1 aromatic heterocycles. The number of carbonyl (C=O) groups is 1. The van der Waals surface area contributed by atoms with Gasteiger partial charge in [0.05, 0.1) is 65.1 Å². The van der Waals surface area contributed by atoms with Crippen molar-refractivity contribution in [3.05, 3.63) is 55.3 Å². The molecule has 6 rings (SSSR count). The van der Waals surface area contributed by atoms with Crippen LogP contribution in [0.15, 0.2) is 60.1 Å². The molecule has 52 heavy (non-hydrogen) atoms. The van der Waals surface area contributed by atoms with E-state index in [1.54, 1.807) is 51.4 Å². The number of piperidine rings is 1. The lowest BCUT2D eigenvalue weighted by atomic mass is 10.0. The zero-order chi connectivity index (χ0) is 36.8. The van der Waals surface area contributed by atoms with E-state index in [9.17, 15) is 13.2 Å². The third-order valence-corrected chi connectivity index (χ3v) is 12.3. The third-order valence-electron chi connectivity index (χ3n) is 10.1. The van der Waals surface area contributed by atoms with Gasteiger partial charge in [0.1, 0.15) is 5.75 Å². The van der Waals surface area contributed by atoms with Crippen LogP contribution in [0.3, 0.4) is 0 Å². The van der Waals surface area contributed by atoms with Crippen molar-refractivity contribution in [1.29, 1.82) is 0 Å². The molecule has 3 fully saturated rings. The third kappa shape index (κ3) is 8.44. The van der Waals surface area contributed by atoms with Gasteiger partial charge in [0.2, 0.25) is 11.9 Å². The van der Waals surface area contributed by atoms with Crippen molar-refractivity contribution in [3.8, 4) is 5.75 Å². The average molecular weight is 734 g/mol. The second kappa shape index (κ2) is 16.5. The number of nitrogens with zero attached hydrogens (tertiary/aromatic N) is 6. The zero-order valence-corrected chi connectivity index (χ0v) is 31.4. The molecule has 4 heterocycles. The first-order valence-corrected chi connectivity index (χ1v) is 19.5. The normalized spacial score (nSPS) is 17.9. The van der Waals surface area contributed by atoms with E-state index in [1.165, 1.54) is 6.08 Å². The number of para-hydroxylation sites is 1. The van der Waals surface area contributed by atoms with E-state index in [4.69, 9.17) is 14.5 Å². The molecule has 2 aromatic carbocycles. The Morgan fingerprint density at radius 1 is 0.942 bits per heavy atom. The van der Waals surface area contributed by atoms with Gasteiger partial charge in [-0.15, -0.1) is 0 Å². The summed E-state index contributed by atoms with van der Waals surface area (Å²) in [5.41, 5.74) is 3.16. The summed E-state index contributed by atoms with van der Waals surface area (Å²) in [7, 11) is 0.185. The molecule has 0 saturated carbocycles. The van der Waals surface area contributed by atoms with Crippen LogP contribution in [-0.2, 0) is 19.4 Å². The van der Waals surface area contributed by atoms with E-state index in [2.05, 4.69) is 54.2 Å². The molecule has 1 amide bonds. The number of likely N-dealkylation sites (N-methyl/N-ethyl adjacent to an activating group) is 1. The average Bonchev–Trinajstić information content (AvgIpc) is 3.16. The Kier molecular flexibility index (Phi) is 11.8. The fraction of sp³-hybridized carbons (Fsp3) is 0.486. The second-order valence-electron chi connectivity index (χ2n) is 13.7. The number of aromatic nitrogens is 2. The first-order chi connectivity index (χ1) is 25.1. The van der Waals surface area contributed by atoms with E-state index in [0.717, 1.165) is 57.8 Å². The topological polar surface area (TPSA) is 145 Å². The minimum atomic E-state index is -3.60. The molecule has 3 saturated heterocycles. The zero-order valence-electron chi connectivity index (χ0n) is 30.6. The summed E-state index contributed by atoms with van der Waals surface area (Å²) >= 11 is 0. The van der Waals surface area contributed by atoms with Gasteiger partial charge < -0.3 is 40.1 Å².